The van der Waals surface area contributed by atoms with Crippen LogP contribution in [0.5, 0.6) is 0 Å². The van der Waals surface area contributed by atoms with Crippen LogP contribution in [0.15, 0.2) is 21.1 Å². The van der Waals surface area contributed by atoms with Gasteiger partial charge in [0.1, 0.15) is 11.9 Å². The van der Waals surface area contributed by atoms with E-state index in [0.29, 0.717) is 29.9 Å². The lowest BCUT2D eigenvalue weighted by atomic mass is 9.91. The minimum Gasteiger partial charge on any atom is -0.456 e. The summed E-state index contributed by atoms with van der Waals surface area (Å²) in [7, 11) is 0. The Balaban J connectivity index is 1.44. The molecule has 7 nitrogen and oxygen atoms in total. The molecule has 0 bridgehead atoms. The van der Waals surface area contributed by atoms with E-state index < -0.39 is 0 Å². The van der Waals surface area contributed by atoms with Gasteiger partial charge < -0.3 is 18.6 Å². The Morgan fingerprint density at radius 1 is 1.35 bits per heavy atom. The highest BCUT2D eigenvalue weighted by Gasteiger charge is 2.42. The van der Waals surface area contributed by atoms with Crippen molar-refractivity contribution in [3.8, 4) is 0 Å². The van der Waals surface area contributed by atoms with Crippen molar-refractivity contribution < 1.29 is 18.5 Å². The largest absolute Gasteiger partial charge is 0.456 e. The highest BCUT2D eigenvalue weighted by atomic mass is 16.5. The second kappa shape index (κ2) is 5.49. The van der Waals surface area contributed by atoms with Crippen molar-refractivity contribution in [3.63, 3.8) is 0 Å². The molecule has 23 heavy (non-hydrogen) atoms. The molecule has 2 aliphatic heterocycles. The van der Waals surface area contributed by atoms with E-state index in [1.165, 1.54) is 0 Å². The van der Waals surface area contributed by atoms with Crippen molar-refractivity contribution in [2.75, 3.05) is 13.1 Å². The number of aryl methyl sites for hydroxylation is 2. The maximum absolute atomic E-state index is 12.5. The molecule has 3 atom stereocenters. The Morgan fingerprint density at radius 3 is 2.91 bits per heavy atom. The topological polar surface area (TPSA) is 81.6 Å². The number of likely N-dealkylation sites (tertiary alicyclic amines) is 1. The molecule has 0 N–H and O–H groups in total. The maximum atomic E-state index is 12.5. The fourth-order valence-electron chi connectivity index (χ4n) is 3.43. The van der Waals surface area contributed by atoms with Crippen molar-refractivity contribution in [2.45, 2.75) is 38.9 Å². The van der Waals surface area contributed by atoms with Crippen LogP contribution in [-0.2, 0) is 4.74 Å². The van der Waals surface area contributed by atoms with Crippen molar-refractivity contribution in [2.24, 2.45) is 5.92 Å². The molecule has 0 unspecified atom stereocenters. The second-order valence-corrected chi connectivity index (χ2v) is 6.28. The van der Waals surface area contributed by atoms with Gasteiger partial charge in [0.2, 0.25) is 11.7 Å². The quantitative estimate of drug-likeness (QED) is 0.845. The van der Waals surface area contributed by atoms with Gasteiger partial charge in [-0.2, -0.15) is 4.98 Å². The third-order valence-electron chi connectivity index (χ3n) is 4.62. The van der Waals surface area contributed by atoms with Crippen LogP contribution < -0.4 is 0 Å². The fraction of sp³-hybridized carbons (Fsp3) is 0.562. The zero-order valence-corrected chi connectivity index (χ0v) is 13.2. The van der Waals surface area contributed by atoms with Crippen LogP contribution >= 0.6 is 0 Å². The lowest BCUT2D eigenvalue weighted by Gasteiger charge is -2.33. The van der Waals surface area contributed by atoms with Crippen molar-refractivity contribution in [1.82, 2.24) is 15.0 Å². The van der Waals surface area contributed by atoms with Gasteiger partial charge in [0.15, 0.2) is 5.76 Å². The zero-order chi connectivity index (χ0) is 16.0. The Kier molecular flexibility index (Phi) is 3.45. The van der Waals surface area contributed by atoms with Crippen LogP contribution in [0.4, 0.5) is 0 Å². The number of piperidine rings is 1. The molecule has 0 saturated carbocycles. The number of carbonyl (C=O) groups is 1. The molecule has 4 heterocycles. The first kappa shape index (κ1) is 14.4. The summed E-state index contributed by atoms with van der Waals surface area (Å²) in [6.45, 7) is 4.91. The number of furan rings is 1. The van der Waals surface area contributed by atoms with Gasteiger partial charge in [-0.05, 0) is 37.8 Å². The third-order valence-corrected chi connectivity index (χ3v) is 4.62. The molecule has 0 aliphatic carbocycles. The fourth-order valence-corrected chi connectivity index (χ4v) is 3.43. The van der Waals surface area contributed by atoms with Crippen molar-refractivity contribution in [3.05, 3.63) is 35.4 Å². The zero-order valence-electron chi connectivity index (χ0n) is 13.2. The molecule has 2 aliphatic rings. The van der Waals surface area contributed by atoms with Crippen molar-refractivity contribution in [1.29, 1.82) is 0 Å². The Labute approximate surface area is 133 Å². The SMILES string of the molecule is Cc1ccc(C(=O)N2CC[C@@H]3C[C@H](c4noc(C)n4)O[C@H]3C2)o1. The lowest BCUT2D eigenvalue weighted by Crippen LogP contribution is -2.45. The Bertz CT molecular complexity index is 722. The molecular weight excluding hydrogens is 298 g/mol. The lowest BCUT2D eigenvalue weighted by molar-refractivity contribution is -0.00825. The summed E-state index contributed by atoms with van der Waals surface area (Å²) < 4.78 is 16.5. The van der Waals surface area contributed by atoms with Crippen LogP contribution in [-0.4, -0.2) is 40.1 Å². The van der Waals surface area contributed by atoms with Gasteiger partial charge in [0.25, 0.3) is 5.91 Å². The van der Waals surface area contributed by atoms with Gasteiger partial charge >= 0.3 is 0 Å². The minimum atomic E-state index is -0.136. The summed E-state index contributed by atoms with van der Waals surface area (Å²) >= 11 is 0. The van der Waals surface area contributed by atoms with Crippen LogP contribution in [0.25, 0.3) is 0 Å². The highest BCUT2D eigenvalue weighted by Crippen LogP contribution is 2.40. The molecule has 2 saturated heterocycles. The minimum absolute atomic E-state index is 0.0209. The Morgan fingerprint density at radius 2 is 2.22 bits per heavy atom. The molecule has 2 aromatic rings. The molecule has 0 spiro atoms. The monoisotopic (exact) mass is 317 g/mol. The molecule has 2 aromatic heterocycles. The van der Waals surface area contributed by atoms with E-state index in [4.69, 9.17) is 13.7 Å². The molecule has 7 heteroatoms. The number of rotatable bonds is 2. The standard InChI is InChI=1S/C16H19N3O4/c1-9-3-4-12(21-9)16(20)19-6-5-11-7-13(22-14(11)8-19)15-17-10(2)23-18-15/h3-4,11,13-14H,5-8H2,1-2H3/t11-,13-,14+/m1/s1. The van der Waals surface area contributed by atoms with Gasteiger partial charge in [0, 0.05) is 20.0 Å². The third kappa shape index (κ3) is 2.65. The number of nitrogens with zero attached hydrogens (tertiary/aromatic N) is 3. The maximum Gasteiger partial charge on any atom is 0.289 e. The smallest absolute Gasteiger partial charge is 0.289 e. The molecule has 0 radical (unpaired) electrons. The normalized spacial score (nSPS) is 27.2. The van der Waals surface area contributed by atoms with E-state index in [1.54, 1.807) is 19.1 Å². The molecule has 0 aromatic carbocycles. The van der Waals surface area contributed by atoms with Crippen LogP contribution in [0.3, 0.4) is 0 Å². The summed E-state index contributed by atoms with van der Waals surface area (Å²) in [5.74, 6) is 2.65. The summed E-state index contributed by atoms with van der Waals surface area (Å²) in [6.07, 6.45) is 1.69. The summed E-state index contributed by atoms with van der Waals surface area (Å²) in [6, 6.07) is 3.53. The molecule has 2 fully saturated rings. The van der Waals surface area contributed by atoms with E-state index in [0.717, 1.165) is 25.1 Å². The van der Waals surface area contributed by atoms with Gasteiger partial charge in [-0.25, -0.2) is 0 Å². The van der Waals surface area contributed by atoms with Gasteiger partial charge in [-0.3, -0.25) is 4.79 Å². The van der Waals surface area contributed by atoms with E-state index >= 15 is 0 Å². The highest BCUT2D eigenvalue weighted by molar-refractivity contribution is 5.91. The number of carbonyl (C=O) groups excluding carboxylic acids is 1. The van der Waals surface area contributed by atoms with Gasteiger partial charge in [-0.15, -0.1) is 0 Å². The Hall–Kier alpha value is -2.15. The summed E-state index contributed by atoms with van der Waals surface area (Å²) in [5, 5.41) is 3.95. The van der Waals surface area contributed by atoms with Crippen LogP contribution in [0, 0.1) is 19.8 Å². The van der Waals surface area contributed by atoms with Crippen molar-refractivity contribution >= 4 is 5.91 Å². The van der Waals surface area contributed by atoms with E-state index in [-0.39, 0.29) is 18.1 Å². The second-order valence-electron chi connectivity index (χ2n) is 6.28. The average molecular weight is 317 g/mol. The summed E-state index contributed by atoms with van der Waals surface area (Å²) in [5.41, 5.74) is 0. The first-order chi connectivity index (χ1) is 11.1. The van der Waals surface area contributed by atoms with Crippen LogP contribution in [0.1, 0.15) is 47.0 Å². The average Bonchev–Trinajstić information content (AvgIpc) is 3.24. The predicted octanol–water partition coefficient (Wildman–Crippen LogP) is 2.27. The van der Waals surface area contributed by atoms with E-state index in [9.17, 15) is 4.79 Å². The number of hydrogen-bond donors (Lipinski definition) is 0. The van der Waals surface area contributed by atoms with E-state index in [1.807, 2.05) is 11.8 Å². The number of hydrogen-bond acceptors (Lipinski definition) is 6. The number of aromatic nitrogens is 2. The molecular formula is C16H19N3O4. The molecule has 122 valence electrons. The first-order valence-electron chi connectivity index (χ1n) is 7.91. The predicted molar refractivity (Wildman–Crippen MR) is 78.7 cm³/mol. The molecule has 4 rings (SSSR count). The molecule has 1 amide bonds. The summed E-state index contributed by atoms with van der Waals surface area (Å²) in [4.78, 5) is 18.6. The number of ether oxygens (including phenoxy) is 1. The first-order valence-corrected chi connectivity index (χ1v) is 7.91. The van der Waals surface area contributed by atoms with Gasteiger partial charge in [-0.1, -0.05) is 5.16 Å². The van der Waals surface area contributed by atoms with Crippen LogP contribution in [0.2, 0.25) is 0 Å². The van der Waals surface area contributed by atoms with E-state index in [2.05, 4.69) is 10.1 Å². The number of fused-ring (bicyclic) bond motifs is 1. The number of amides is 1. The van der Waals surface area contributed by atoms with Gasteiger partial charge in [0.05, 0.1) is 6.10 Å².